The van der Waals surface area contributed by atoms with E-state index in [0.717, 1.165) is 51.7 Å². The molecule has 1 atom stereocenters. The lowest BCUT2D eigenvalue weighted by atomic mass is 9.99. The first-order chi connectivity index (χ1) is 7.40. The van der Waals surface area contributed by atoms with Crippen LogP contribution in [0, 0.1) is 5.92 Å². The van der Waals surface area contributed by atoms with Crippen molar-refractivity contribution in [2.24, 2.45) is 5.92 Å². The van der Waals surface area contributed by atoms with Gasteiger partial charge in [-0.05, 0) is 18.8 Å². The summed E-state index contributed by atoms with van der Waals surface area (Å²) >= 11 is 0. The van der Waals surface area contributed by atoms with Crippen molar-refractivity contribution in [3.8, 4) is 0 Å². The molecule has 0 spiro atoms. The summed E-state index contributed by atoms with van der Waals surface area (Å²) in [7, 11) is 0. The van der Waals surface area contributed by atoms with Crippen LogP contribution >= 0.6 is 0 Å². The summed E-state index contributed by atoms with van der Waals surface area (Å²) in [5, 5.41) is 9.24. The van der Waals surface area contributed by atoms with E-state index in [9.17, 15) is 5.11 Å². The van der Waals surface area contributed by atoms with Crippen molar-refractivity contribution >= 4 is 0 Å². The van der Waals surface area contributed by atoms with Gasteiger partial charge < -0.3 is 14.6 Å². The van der Waals surface area contributed by atoms with Crippen LogP contribution in [-0.2, 0) is 9.47 Å². The number of aliphatic hydroxyl groups is 1. The molecule has 2 heterocycles. The number of hydrogen-bond donors (Lipinski definition) is 1. The second-order valence-corrected chi connectivity index (χ2v) is 4.46. The lowest BCUT2D eigenvalue weighted by Crippen LogP contribution is -2.49. The summed E-state index contributed by atoms with van der Waals surface area (Å²) in [4.78, 5) is 2.37. The summed E-state index contributed by atoms with van der Waals surface area (Å²) in [6.45, 7) is 5.56. The molecule has 0 aromatic carbocycles. The molecule has 0 aromatic rings. The molecule has 0 aromatic heterocycles. The van der Waals surface area contributed by atoms with Gasteiger partial charge in [-0.2, -0.15) is 0 Å². The van der Waals surface area contributed by atoms with Crippen molar-refractivity contribution in [2.45, 2.75) is 18.9 Å². The average molecular weight is 215 g/mol. The fourth-order valence-electron chi connectivity index (χ4n) is 2.36. The van der Waals surface area contributed by atoms with Crippen molar-refractivity contribution in [1.82, 2.24) is 4.90 Å². The van der Waals surface area contributed by atoms with Crippen molar-refractivity contribution in [3.05, 3.63) is 0 Å². The van der Waals surface area contributed by atoms with Gasteiger partial charge in [-0.3, -0.25) is 4.90 Å². The van der Waals surface area contributed by atoms with E-state index in [1.165, 1.54) is 0 Å². The molecule has 0 amide bonds. The number of rotatable bonds is 3. The number of hydrogen-bond acceptors (Lipinski definition) is 4. The second-order valence-electron chi connectivity index (χ2n) is 4.46. The van der Waals surface area contributed by atoms with E-state index in [4.69, 9.17) is 9.47 Å². The molecule has 2 fully saturated rings. The first-order valence-electron chi connectivity index (χ1n) is 5.90. The Bertz CT molecular complexity index is 183. The van der Waals surface area contributed by atoms with Gasteiger partial charge in [0.1, 0.15) is 0 Å². The molecule has 0 aliphatic carbocycles. The Hall–Kier alpha value is -0.160. The Morgan fingerprint density at radius 2 is 1.93 bits per heavy atom. The van der Waals surface area contributed by atoms with Crippen LogP contribution < -0.4 is 0 Å². The zero-order chi connectivity index (χ0) is 10.5. The van der Waals surface area contributed by atoms with Gasteiger partial charge >= 0.3 is 0 Å². The summed E-state index contributed by atoms with van der Waals surface area (Å²) in [5.41, 5.74) is 0. The molecule has 88 valence electrons. The van der Waals surface area contributed by atoms with Gasteiger partial charge in [0.25, 0.3) is 0 Å². The summed E-state index contributed by atoms with van der Waals surface area (Å²) in [6.07, 6.45) is 2.32. The molecule has 4 heteroatoms. The molecule has 0 radical (unpaired) electrons. The maximum Gasteiger partial charge on any atom is 0.0644 e. The molecule has 2 aliphatic rings. The highest BCUT2D eigenvalue weighted by molar-refractivity contribution is 4.78. The van der Waals surface area contributed by atoms with Crippen molar-refractivity contribution in [3.63, 3.8) is 0 Å². The average Bonchev–Trinajstić information content (AvgIpc) is 2.31. The molecule has 1 N–H and O–H groups in total. The van der Waals surface area contributed by atoms with Gasteiger partial charge in [0.2, 0.25) is 0 Å². The first kappa shape index (κ1) is 11.3. The smallest absolute Gasteiger partial charge is 0.0644 e. The number of ether oxygens (including phenoxy) is 2. The van der Waals surface area contributed by atoms with E-state index < -0.39 is 0 Å². The standard InChI is InChI=1S/C11H21NO3/c13-8-11-9-15-6-3-12(11)7-10-1-4-14-5-2-10/h10-11,13H,1-9H2. The van der Waals surface area contributed by atoms with Gasteiger partial charge in [0.05, 0.1) is 25.9 Å². The monoisotopic (exact) mass is 215 g/mol. The number of nitrogens with zero attached hydrogens (tertiary/aromatic N) is 1. The van der Waals surface area contributed by atoms with E-state index in [0.29, 0.717) is 6.61 Å². The third-order valence-electron chi connectivity index (χ3n) is 3.39. The lowest BCUT2D eigenvalue weighted by Gasteiger charge is -2.37. The normalized spacial score (nSPS) is 30.6. The summed E-state index contributed by atoms with van der Waals surface area (Å²) in [5.74, 6) is 0.742. The predicted molar refractivity (Wildman–Crippen MR) is 56.8 cm³/mol. The molecule has 2 aliphatic heterocycles. The predicted octanol–water partition coefficient (Wildman–Crippen LogP) is 0.106. The Labute approximate surface area is 91.2 Å². The number of aliphatic hydroxyl groups excluding tert-OH is 1. The molecule has 4 nitrogen and oxygen atoms in total. The Morgan fingerprint density at radius 1 is 1.13 bits per heavy atom. The Morgan fingerprint density at radius 3 is 2.67 bits per heavy atom. The van der Waals surface area contributed by atoms with E-state index >= 15 is 0 Å². The van der Waals surface area contributed by atoms with Gasteiger partial charge in [-0.15, -0.1) is 0 Å². The topological polar surface area (TPSA) is 41.9 Å². The molecule has 2 rings (SSSR count). The summed E-state index contributed by atoms with van der Waals surface area (Å²) in [6, 6.07) is 0.210. The van der Waals surface area contributed by atoms with Gasteiger partial charge in [0, 0.05) is 26.3 Å². The fourth-order valence-corrected chi connectivity index (χ4v) is 2.36. The maximum atomic E-state index is 9.24. The molecule has 15 heavy (non-hydrogen) atoms. The van der Waals surface area contributed by atoms with Crippen LogP contribution in [0.1, 0.15) is 12.8 Å². The zero-order valence-electron chi connectivity index (χ0n) is 9.23. The van der Waals surface area contributed by atoms with Crippen molar-refractivity contribution < 1.29 is 14.6 Å². The van der Waals surface area contributed by atoms with Crippen molar-refractivity contribution in [1.29, 1.82) is 0 Å². The van der Waals surface area contributed by atoms with Crippen LogP contribution in [0.2, 0.25) is 0 Å². The van der Waals surface area contributed by atoms with Gasteiger partial charge in [-0.1, -0.05) is 0 Å². The number of morpholine rings is 1. The van der Waals surface area contributed by atoms with E-state index in [-0.39, 0.29) is 12.6 Å². The third-order valence-corrected chi connectivity index (χ3v) is 3.39. The highest BCUT2D eigenvalue weighted by Gasteiger charge is 2.25. The highest BCUT2D eigenvalue weighted by Crippen LogP contribution is 2.18. The quantitative estimate of drug-likeness (QED) is 0.725. The zero-order valence-corrected chi connectivity index (χ0v) is 9.23. The fraction of sp³-hybridized carbons (Fsp3) is 1.00. The van der Waals surface area contributed by atoms with Crippen LogP contribution in [0.25, 0.3) is 0 Å². The van der Waals surface area contributed by atoms with Crippen LogP contribution in [0.3, 0.4) is 0 Å². The minimum absolute atomic E-state index is 0.210. The molecule has 0 bridgehead atoms. The second kappa shape index (κ2) is 5.80. The Kier molecular flexibility index (Phi) is 4.38. The van der Waals surface area contributed by atoms with Gasteiger partial charge in [0.15, 0.2) is 0 Å². The largest absolute Gasteiger partial charge is 0.395 e. The molecule has 0 saturated carbocycles. The van der Waals surface area contributed by atoms with Crippen LogP contribution in [0.15, 0.2) is 0 Å². The van der Waals surface area contributed by atoms with Crippen LogP contribution in [0.5, 0.6) is 0 Å². The van der Waals surface area contributed by atoms with Crippen molar-refractivity contribution in [2.75, 3.05) is 46.1 Å². The molecule has 2 saturated heterocycles. The lowest BCUT2D eigenvalue weighted by molar-refractivity contribution is -0.0420. The first-order valence-corrected chi connectivity index (χ1v) is 5.90. The van der Waals surface area contributed by atoms with Gasteiger partial charge in [-0.25, -0.2) is 0 Å². The van der Waals surface area contributed by atoms with E-state index in [1.54, 1.807) is 0 Å². The SMILES string of the molecule is OCC1COCCN1CC1CCOCC1. The van der Waals surface area contributed by atoms with Crippen LogP contribution in [0.4, 0.5) is 0 Å². The molecular weight excluding hydrogens is 194 g/mol. The minimum atomic E-state index is 0.210. The Balaban J connectivity index is 1.79. The molecular formula is C11H21NO3. The van der Waals surface area contributed by atoms with Crippen LogP contribution in [-0.4, -0.2) is 62.2 Å². The van der Waals surface area contributed by atoms with E-state index in [1.807, 2.05) is 0 Å². The third kappa shape index (κ3) is 3.14. The summed E-state index contributed by atoms with van der Waals surface area (Å²) < 4.78 is 10.7. The maximum absolute atomic E-state index is 9.24. The minimum Gasteiger partial charge on any atom is -0.395 e. The highest BCUT2D eigenvalue weighted by atomic mass is 16.5. The molecule has 1 unspecified atom stereocenters. The van der Waals surface area contributed by atoms with E-state index in [2.05, 4.69) is 4.90 Å².